The predicted molar refractivity (Wildman–Crippen MR) is 106 cm³/mol. The molecule has 0 aliphatic heterocycles. The molecule has 1 aromatic carbocycles. The number of guanidine groups is 1. The molecular weight excluding hydrogens is 401 g/mol. The van der Waals surface area contributed by atoms with Gasteiger partial charge in [0.1, 0.15) is 12.4 Å². The third-order valence-corrected chi connectivity index (χ3v) is 4.37. The summed E-state index contributed by atoms with van der Waals surface area (Å²) in [6.45, 7) is 2.55. The molecule has 4 N–H and O–H groups in total. The number of nitrogens with zero attached hydrogens (tertiary/aromatic N) is 2. The van der Waals surface area contributed by atoms with Crippen LogP contribution in [0.15, 0.2) is 23.2 Å². The van der Waals surface area contributed by atoms with E-state index in [4.69, 9.17) is 5.73 Å². The van der Waals surface area contributed by atoms with E-state index in [1.807, 2.05) is 12.1 Å². The molecule has 1 heterocycles. The van der Waals surface area contributed by atoms with Gasteiger partial charge in [0, 0.05) is 6.04 Å². The standard InChI is InChI=1S/C17H25N5.HI/c1-12-7-6-10-14-16(12)22-15(21-14)11-19-17(18)20-13-8-4-2-3-5-9-13;/h6-7,10,13H,2-5,8-9,11H2,1H3,(H,21,22)(H3,18,19,20);1H. The van der Waals surface area contributed by atoms with Gasteiger partial charge in [-0.25, -0.2) is 9.98 Å². The summed E-state index contributed by atoms with van der Waals surface area (Å²) in [6.07, 6.45) is 7.64. The number of aromatic amines is 1. The van der Waals surface area contributed by atoms with Gasteiger partial charge in [-0.15, -0.1) is 24.0 Å². The molecule has 6 heteroatoms. The Morgan fingerprint density at radius 1 is 1.30 bits per heavy atom. The number of rotatable bonds is 3. The van der Waals surface area contributed by atoms with Crippen LogP contribution < -0.4 is 11.1 Å². The molecule has 0 unspecified atom stereocenters. The van der Waals surface area contributed by atoms with E-state index in [1.54, 1.807) is 0 Å². The number of hydrogen-bond acceptors (Lipinski definition) is 2. The molecule has 1 aromatic heterocycles. The summed E-state index contributed by atoms with van der Waals surface area (Å²) in [5, 5.41) is 3.36. The van der Waals surface area contributed by atoms with Crippen LogP contribution in [0.2, 0.25) is 0 Å². The predicted octanol–water partition coefficient (Wildman–Crippen LogP) is 3.62. The summed E-state index contributed by atoms with van der Waals surface area (Å²) in [7, 11) is 0. The summed E-state index contributed by atoms with van der Waals surface area (Å²) in [6, 6.07) is 6.61. The van der Waals surface area contributed by atoms with Gasteiger partial charge in [-0.2, -0.15) is 0 Å². The van der Waals surface area contributed by atoms with Gasteiger partial charge in [0.15, 0.2) is 5.96 Å². The smallest absolute Gasteiger partial charge is 0.189 e. The third kappa shape index (κ3) is 4.83. The lowest BCUT2D eigenvalue weighted by Gasteiger charge is -2.16. The number of aromatic nitrogens is 2. The highest BCUT2D eigenvalue weighted by Crippen LogP contribution is 2.17. The Kier molecular flexibility index (Phi) is 6.68. The van der Waals surface area contributed by atoms with E-state index in [2.05, 4.69) is 33.3 Å². The second-order valence-corrected chi connectivity index (χ2v) is 6.19. The van der Waals surface area contributed by atoms with Crippen molar-refractivity contribution in [3.05, 3.63) is 29.6 Å². The number of aryl methyl sites for hydroxylation is 1. The van der Waals surface area contributed by atoms with Crippen molar-refractivity contribution >= 4 is 41.0 Å². The quantitative estimate of drug-likeness (QED) is 0.303. The van der Waals surface area contributed by atoms with Gasteiger partial charge in [-0.1, -0.05) is 37.8 Å². The SMILES string of the molecule is Cc1cccc2[nH]c(CN=C(N)NC3CCCCCC3)nc12.I. The molecule has 126 valence electrons. The first-order valence-corrected chi connectivity index (χ1v) is 8.23. The minimum atomic E-state index is 0. The Labute approximate surface area is 154 Å². The van der Waals surface area contributed by atoms with Crippen molar-refractivity contribution < 1.29 is 0 Å². The number of para-hydroxylation sites is 1. The zero-order valence-electron chi connectivity index (χ0n) is 13.6. The molecule has 1 fully saturated rings. The largest absolute Gasteiger partial charge is 0.370 e. The molecule has 2 aromatic rings. The topological polar surface area (TPSA) is 79.1 Å². The zero-order chi connectivity index (χ0) is 15.4. The molecule has 5 nitrogen and oxygen atoms in total. The molecule has 0 saturated heterocycles. The van der Waals surface area contributed by atoms with Crippen LogP contribution >= 0.6 is 24.0 Å². The van der Waals surface area contributed by atoms with E-state index >= 15 is 0 Å². The number of H-pyrrole nitrogens is 1. The maximum Gasteiger partial charge on any atom is 0.189 e. The van der Waals surface area contributed by atoms with Crippen LogP contribution in [0, 0.1) is 6.92 Å². The van der Waals surface area contributed by atoms with Crippen molar-refractivity contribution in [3.63, 3.8) is 0 Å². The first-order chi connectivity index (χ1) is 10.7. The fraction of sp³-hybridized carbons (Fsp3) is 0.529. The van der Waals surface area contributed by atoms with Crippen LogP contribution in [0.3, 0.4) is 0 Å². The Morgan fingerprint density at radius 2 is 2.04 bits per heavy atom. The number of hydrogen-bond donors (Lipinski definition) is 3. The number of nitrogens with one attached hydrogen (secondary N) is 2. The summed E-state index contributed by atoms with van der Waals surface area (Å²) in [5.41, 5.74) is 9.27. The number of halogens is 1. The second-order valence-electron chi connectivity index (χ2n) is 6.19. The summed E-state index contributed by atoms with van der Waals surface area (Å²) in [5.74, 6) is 1.39. The number of nitrogens with two attached hydrogens (primary N) is 1. The summed E-state index contributed by atoms with van der Waals surface area (Å²) >= 11 is 0. The average Bonchev–Trinajstić information content (AvgIpc) is 2.76. The van der Waals surface area contributed by atoms with E-state index < -0.39 is 0 Å². The molecule has 3 rings (SSSR count). The number of aliphatic imine (C=N–C) groups is 1. The molecule has 0 radical (unpaired) electrons. The first-order valence-electron chi connectivity index (χ1n) is 8.23. The highest BCUT2D eigenvalue weighted by molar-refractivity contribution is 14.0. The Balaban J connectivity index is 0.00000192. The number of benzene rings is 1. The van der Waals surface area contributed by atoms with Gasteiger partial charge < -0.3 is 16.0 Å². The van der Waals surface area contributed by atoms with Crippen molar-refractivity contribution in [3.8, 4) is 0 Å². The monoisotopic (exact) mass is 427 g/mol. The van der Waals surface area contributed by atoms with Gasteiger partial charge >= 0.3 is 0 Å². The normalized spacial score (nSPS) is 16.8. The number of fused-ring (bicyclic) bond motifs is 1. The first kappa shape index (κ1) is 18.0. The summed E-state index contributed by atoms with van der Waals surface area (Å²) < 4.78 is 0. The van der Waals surface area contributed by atoms with Crippen molar-refractivity contribution in [1.82, 2.24) is 15.3 Å². The van der Waals surface area contributed by atoms with Crippen molar-refractivity contribution in [2.45, 2.75) is 58.0 Å². The molecule has 0 bridgehead atoms. The van der Waals surface area contributed by atoms with Gasteiger partial charge in [0.25, 0.3) is 0 Å². The van der Waals surface area contributed by atoms with Crippen molar-refractivity contribution in [2.75, 3.05) is 0 Å². The van der Waals surface area contributed by atoms with Crippen LogP contribution in [-0.2, 0) is 6.54 Å². The third-order valence-electron chi connectivity index (χ3n) is 4.37. The van der Waals surface area contributed by atoms with Gasteiger partial charge in [0.05, 0.1) is 11.0 Å². The molecular formula is C17H26IN5. The van der Waals surface area contributed by atoms with Crippen molar-refractivity contribution in [1.29, 1.82) is 0 Å². The molecule has 0 amide bonds. The molecule has 23 heavy (non-hydrogen) atoms. The van der Waals surface area contributed by atoms with Gasteiger partial charge in [-0.05, 0) is 31.4 Å². The van der Waals surface area contributed by atoms with E-state index in [9.17, 15) is 0 Å². The second kappa shape index (κ2) is 8.52. The highest BCUT2D eigenvalue weighted by Gasteiger charge is 2.12. The zero-order valence-corrected chi connectivity index (χ0v) is 16.0. The highest BCUT2D eigenvalue weighted by atomic mass is 127. The fourth-order valence-corrected chi connectivity index (χ4v) is 3.14. The van der Waals surface area contributed by atoms with E-state index in [1.165, 1.54) is 44.1 Å². The molecule has 1 aliphatic rings. The van der Waals surface area contributed by atoms with Crippen LogP contribution in [0.5, 0.6) is 0 Å². The molecule has 0 spiro atoms. The molecule has 1 saturated carbocycles. The number of imidazole rings is 1. The van der Waals surface area contributed by atoms with Gasteiger partial charge in [0.2, 0.25) is 0 Å². The van der Waals surface area contributed by atoms with Crippen LogP contribution in [0.1, 0.15) is 49.9 Å². The van der Waals surface area contributed by atoms with E-state index in [-0.39, 0.29) is 24.0 Å². The van der Waals surface area contributed by atoms with Crippen LogP contribution in [0.4, 0.5) is 0 Å². The average molecular weight is 427 g/mol. The minimum Gasteiger partial charge on any atom is -0.370 e. The lowest BCUT2D eigenvalue weighted by Crippen LogP contribution is -2.39. The Morgan fingerprint density at radius 3 is 2.74 bits per heavy atom. The van der Waals surface area contributed by atoms with Crippen LogP contribution in [-0.4, -0.2) is 22.0 Å². The van der Waals surface area contributed by atoms with Gasteiger partial charge in [-0.3, -0.25) is 0 Å². The van der Waals surface area contributed by atoms with E-state index in [0.717, 1.165) is 16.9 Å². The fourth-order valence-electron chi connectivity index (χ4n) is 3.14. The van der Waals surface area contributed by atoms with Crippen LogP contribution in [0.25, 0.3) is 11.0 Å². The Bertz CT molecular complexity index is 656. The lowest BCUT2D eigenvalue weighted by atomic mass is 10.1. The molecule has 1 aliphatic carbocycles. The summed E-state index contributed by atoms with van der Waals surface area (Å²) in [4.78, 5) is 12.3. The van der Waals surface area contributed by atoms with Crippen molar-refractivity contribution in [2.24, 2.45) is 10.7 Å². The minimum absolute atomic E-state index is 0. The lowest BCUT2D eigenvalue weighted by molar-refractivity contribution is 0.530. The maximum atomic E-state index is 6.02. The van der Waals surface area contributed by atoms with E-state index in [0.29, 0.717) is 18.5 Å². The molecule has 0 atom stereocenters. The maximum absolute atomic E-state index is 6.02. The Hall–Kier alpha value is -1.31.